The Hall–Kier alpha value is -4.28. The van der Waals surface area contributed by atoms with Crippen LogP contribution in [-0.2, 0) is 12.7 Å². The summed E-state index contributed by atoms with van der Waals surface area (Å²) in [6.45, 7) is 0.189. The largest absolute Gasteiger partial charge is 0.497 e. The van der Waals surface area contributed by atoms with Crippen LogP contribution < -0.4 is 19.5 Å². The van der Waals surface area contributed by atoms with E-state index in [1.165, 1.54) is 0 Å². The minimum Gasteiger partial charge on any atom is -0.497 e. The Morgan fingerprint density at radius 3 is 2.62 bits per heavy atom. The molecule has 0 saturated carbocycles. The molecule has 1 aliphatic heterocycles. The van der Waals surface area contributed by atoms with Gasteiger partial charge in [-0.25, -0.2) is 9.50 Å². The number of methoxy groups -OCH3 is 1. The van der Waals surface area contributed by atoms with Crippen molar-refractivity contribution in [3.05, 3.63) is 71.5 Å². The summed E-state index contributed by atoms with van der Waals surface area (Å²) in [6, 6.07) is 12.6. The number of fused-ring (bicyclic) bond motifs is 2. The van der Waals surface area contributed by atoms with Crippen LogP contribution in [0.1, 0.15) is 21.6 Å². The van der Waals surface area contributed by atoms with Gasteiger partial charge in [0, 0.05) is 12.1 Å². The molecule has 34 heavy (non-hydrogen) atoms. The molecule has 1 N–H and O–H groups in total. The molecule has 2 aromatic heterocycles. The van der Waals surface area contributed by atoms with Crippen molar-refractivity contribution in [1.82, 2.24) is 19.9 Å². The molecular weight excluding hydrogens is 453 g/mol. The van der Waals surface area contributed by atoms with Crippen LogP contribution in [0.4, 0.5) is 13.2 Å². The summed E-state index contributed by atoms with van der Waals surface area (Å²) < 4.78 is 57.8. The van der Waals surface area contributed by atoms with Crippen LogP contribution in [0.25, 0.3) is 16.9 Å². The molecule has 2 aromatic carbocycles. The van der Waals surface area contributed by atoms with Crippen LogP contribution in [-0.4, -0.2) is 34.4 Å². The Labute approximate surface area is 190 Å². The average Bonchev–Trinajstić information content (AvgIpc) is 3.48. The molecule has 0 bridgehead atoms. The number of alkyl halides is 3. The lowest BCUT2D eigenvalue weighted by Gasteiger charge is -2.12. The lowest BCUT2D eigenvalue weighted by atomic mass is 10.1. The van der Waals surface area contributed by atoms with Gasteiger partial charge in [-0.1, -0.05) is 12.1 Å². The summed E-state index contributed by atoms with van der Waals surface area (Å²) in [5.41, 5.74) is -0.169. The first-order valence-corrected chi connectivity index (χ1v) is 10.1. The second-order valence-electron chi connectivity index (χ2n) is 7.42. The molecule has 0 fully saturated rings. The molecule has 1 amide bonds. The number of carbonyl (C=O) groups is 1. The van der Waals surface area contributed by atoms with E-state index in [1.54, 1.807) is 49.6 Å². The quantitative estimate of drug-likeness (QED) is 0.473. The molecule has 0 aliphatic carbocycles. The van der Waals surface area contributed by atoms with Crippen molar-refractivity contribution >= 4 is 11.6 Å². The topological polar surface area (TPSA) is 87.0 Å². The Bertz CT molecular complexity index is 1380. The first-order valence-electron chi connectivity index (χ1n) is 10.1. The number of ether oxygens (including phenoxy) is 3. The number of carbonyl (C=O) groups excluding carboxylic acids is 1. The monoisotopic (exact) mass is 470 g/mol. The highest BCUT2D eigenvalue weighted by Gasteiger charge is 2.36. The summed E-state index contributed by atoms with van der Waals surface area (Å²) >= 11 is 0. The van der Waals surface area contributed by atoms with Crippen molar-refractivity contribution < 1.29 is 32.2 Å². The zero-order valence-corrected chi connectivity index (χ0v) is 17.7. The number of rotatable bonds is 5. The maximum atomic E-state index is 13.8. The maximum Gasteiger partial charge on any atom is 0.433 e. The number of amides is 1. The van der Waals surface area contributed by atoms with E-state index in [-0.39, 0.29) is 30.2 Å². The normalized spacial score (nSPS) is 12.7. The van der Waals surface area contributed by atoms with Crippen molar-refractivity contribution in [1.29, 1.82) is 0 Å². The van der Waals surface area contributed by atoms with Gasteiger partial charge in [-0.3, -0.25) is 4.79 Å². The van der Waals surface area contributed by atoms with E-state index in [0.29, 0.717) is 27.3 Å². The molecule has 8 nitrogen and oxygen atoms in total. The lowest BCUT2D eigenvalue weighted by molar-refractivity contribution is -0.142. The van der Waals surface area contributed by atoms with Crippen LogP contribution in [0, 0.1) is 0 Å². The molecule has 1 aliphatic rings. The van der Waals surface area contributed by atoms with Gasteiger partial charge in [0.05, 0.1) is 19.0 Å². The minimum absolute atomic E-state index is 0.0165. The molecule has 0 atom stereocenters. The fourth-order valence-corrected chi connectivity index (χ4v) is 3.55. The second-order valence-corrected chi connectivity index (χ2v) is 7.42. The number of nitrogens with one attached hydrogen (secondary N) is 1. The summed E-state index contributed by atoms with van der Waals surface area (Å²) in [5, 5.41) is 6.48. The lowest BCUT2D eigenvalue weighted by Crippen LogP contribution is -2.23. The Morgan fingerprint density at radius 2 is 1.88 bits per heavy atom. The van der Waals surface area contributed by atoms with Gasteiger partial charge < -0.3 is 19.5 Å². The van der Waals surface area contributed by atoms with E-state index in [9.17, 15) is 18.0 Å². The fourth-order valence-electron chi connectivity index (χ4n) is 3.55. The van der Waals surface area contributed by atoms with E-state index in [0.717, 1.165) is 17.8 Å². The van der Waals surface area contributed by atoms with Gasteiger partial charge in [0.25, 0.3) is 5.91 Å². The SMILES string of the molecule is COc1ccc(CNC(=O)c2cnn3c(C(F)(F)F)cc(-c4ccc5c(c4)OCO5)nc23)cc1. The molecule has 3 heterocycles. The van der Waals surface area contributed by atoms with E-state index >= 15 is 0 Å². The molecule has 0 spiro atoms. The van der Waals surface area contributed by atoms with Crippen LogP contribution in [0.15, 0.2) is 54.7 Å². The van der Waals surface area contributed by atoms with Gasteiger partial charge in [0.2, 0.25) is 6.79 Å². The molecule has 4 aromatic rings. The Kier molecular flexibility index (Phi) is 5.23. The first-order chi connectivity index (χ1) is 16.3. The zero-order chi connectivity index (χ0) is 23.9. The van der Waals surface area contributed by atoms with Crippen LogP contribution in [0.5, 0.6) is 17.2 Å². The molecule has 11 heteroatoms. The molecule has 0 saturated heterocycles. The second kappa shape index (κ2) is 8.25. The fraction of sp³-hybridized carbons (Fsp3) is 0.174. The minimum atomic E-state index is -4.73. The predicted molar refractivity (Wildman–Crippen MR) is 114 cm³/mol. The highest BCUT2D eigenvalue weighted by molar-refractivity contribution is 5.99. The Morgan fingerprint density at radius 1 is 1.12 bits per heavy atom. The summed E-state index contributed by atoms with van der Waals surface area (Å²) in [4.78, 5) is 17.2. The van der Waals surface area contributed by atoms with E-state index < -0.39 is 17.8 Å². The Balaban J connectivity index is 1.51. The van der Waals surface area contributed by atoms with Gasteiger partial charge in [0.1, 0.15) is 11.3 Å². The molecular formula is C23H17F3N4O4. The molecule has 0 radical (unpaired) electrons. The number of nitrogens with zero attached hydrogens (tertiary/aromatic N) is 3. The van der Waals surface area contributed by atoms with Crippen molar-refractivity contribution in [2.75, 3.05) is 13.9 Å². The van der Waals surface area contributed by atoms with Crippen LogP contribution in [0.3, 0.4) is 0 Å². The molecule has 174 valence electrons. The van der Waals surface area contributed by atoms with Crippen LogP contribution >= 0.6 is 0 Å². The third-order valence-electron chi connectivity index (χ3n) is 5.29. The smallest absolute Gasteiger partial charge is 0.433 e. The summed E-state index contributed by atoms with van der Waals surface area (Å²) in [6.07, 6.45) is -3.65. The third-order valence-corrected chi connectivity index (χ3v) is 5.29. The number of aromatic nitrogens is 3. The highest BCUT2D eigenvalue weighted by Crippen LogP contribution is 2.37. The molecule has 5 rings (SSSR count). The van der Waals surface area contributed by atoms with Crippen molar-refractivity contribution in [2.45, 2.75) is 12.7 Å². The van der Waals surface area contributed by atoms with Gasteiger partial charge >= 0.3 is 6.18 Å². The van der Waals surface area contributed by atoms with Gasteiger partial charge in [-0.15, -0.1) is 0 Å². The van der Waals surface area contributed by atoms with Crippen molar-refractivity contribution in [2.24, 2.45) is 0 Å². The van der Waals surface area contributed by atoms with E-state index in [2.05, 4.69) is 15.4 Å². The summed E-state index contributed by atoms with van der Waals surface area (Å²) in [7, 11) is 1.54. The third kappa shape index (κ3) is 3.96. The number of hydrogen-bond donors (Lipinski definition) is 1. The molecule has 0 unspecified atom stereocenters. The van der Waals surface area contributed by atoms with Gasteiger partial charge in [-0.05, 0) is 42.0 Å². The standard InChI is InChI=1S/C23H17F3N4O4/c1-32-15-5-2-13(3-6-15)10-27-22(31)16-11-28-30-20(23(24,25)26)9-17(29-21(16)30)14-4-7-18-19(8-14)34-12-33-18/h2-9,11H,10,12H2,1H3,(H,27,31). The zero-order valence-electron chi connectivity index (χ0n) is 17.7. The first kappa shape index (κ1) is 21.6. The summed E-state index contributed by atoms with van der Waals surface area (Å²) in [5.74, 6) is 0.953. The highest BCUT2D eigenvalue weighted by atomic mass is 19.4. The predicted octanol–water partition coefficient (Wildman–Crippen LogP) is 4.08. The number of benzene rings is 2. The van der Waals surface area contributed by atoms with Crippen molar-refractivity contribution in [3.63, 3.8) is 0 Å². The van der Waals surface area contributed by atoms with E-state index in [1.807, 2.05) is 0 Å². The number of hydrogen-bond acceptors (Lipinski definition) is 6. The van der Waals surface area contributed by atoms with Gasteiger partial charge in [-0.2, -0.15) is 18.3 Å². The van der Waals surface area contributed by atoms with Gasteiger partial charge in [0.15, 0.2) is 22.8 Å². The van der Waals surface area contributed by atoms with E-state index in [4.69, 9.17) is 14.2 Å². The number of halogens is 3. The average molecular weight is 470 g/mol. The maximum absolute atomic E-state index is 13.8. The van der Waals surface area contributed by atoms with Crippen LogP contribution in [0.2, 0.25) is 0 Å². The van der Waals surface area contributed by atoms with Crippen molar-refractivity contribution in [3.8, 4) is 28.5 Å².